The predicted octanol–water partition coefficient (Wildman–Crippen LogP) is 1.96. The van der Waals surface area contributed by atoms with Crippen LogP contribution in [0.15, 0.2) is 18.2 Å². The van der Waals surface area contributed by atoms with Crippen LogP contribution in [0.4, 0.5) is 5.69 Å². The lowest BCUT2D eigenvalue weighted by molar-refractivity contribution is -0.120. The molecule has 0 aliphatic carbocycles. The first-order chi connectivity index (χ1) is 10.9. The maximum Gasteiger partial charge on any atom is 0.228 e. The molecule has 0 aromatic heterocycles. The largest absolute Gasteiger partial charge is 0.355 e. The van der Waals surface area contributed by atoms with Crippen LogP contribution in [0.1, 0.15) is 38.8 Å². The number of anilines is 1. The zero-order chi connectivity index (χ0) is 17.0. The lowest BCUT2D eigenvalue weighted by Crippen LogP contribution is -2.42. The Morgan fingerprint density at radius 3 is 2.61 bits per heavy atom. The number of carbonyl (C=O) groups excluding carboxylic acids is 2. The number of nitrogens with zero attached hydrogens (tertiary/aromatic N) is 1. The lowest BCUT2D eigenvalue weighted by Gasteiger charge is -2.30. The van der Waals surface area contributed by atoms with E-state index in [1.807, 2.05) is 18.2 Å². The Morgan fingerprint density at radius 2 is 1.96 bits per heavy atom. The zero-order valence-electron chi connectivity index (χ0n) is 14.5. The molecule has 0 fully saturated rings. The molecule has 0 bridgehead atoms. The zero-order valence-corrected chi connectivity index (χ0v) is 14.5. The topological polar surface area (TPSA) is 61.4 Å². The van der Waals surface area contributed by atoms with E-state index in [0.29, 0.717) is 31.5 Å². The monoisotopic (exact) mass is 317 g/mol. The van der Waals surface area contributed by atoms with Crippen molar-refractivity contribution in [2.75, 3.05) is 18.4 Å². The normalized spacial score (nSPS) is 13.6. The first kappa shape index (κ1) is 17.5. The minimum absolute atomic E-state index is 0.00244. The molecule has 1 aromatic carbocycles. The van der Waals surface area contributed by atoms with E-state index in [-0.39, 0.29) is 11.8 Å². The summed E-state index contributed by atoms with van der Waals surface area (Å²) in [6.45, 7) is 10.1. The highest BCUT2D eigenvalue weighted by Crippen LogP contribution is 2.27. The minimum Gasteiger partial charge on any atom is -0.355 e. The first-order valence-corrected chi connectivity index (χ1v) is 8.31. The number of carbonyl (C=O) groups is 2. The molecule has 1 aliphatic rings. The van der Waals surface area contributed by atoms with E-state index < -0.39 is 0 Å². The van der Waals surface area contributed by atoms with Gasteiger partial charge in [0.2, 0.25) is 11.8 Å². The fourth-order valence-electron chi connectivity index (χ4n) is 3.14. The molecule has 5 heteroatoms. The van der Waals surface area contributed by atoms with Crippen LogP contribution in [0.2, 0.25) is 0 Å². The Bertz CT molecular complexity index is 574. The van der Waals surface area contributed by atoms with Crippen molar-refractivity contribution in [3.05, 3.63) is 29.3 Å². The van der Waals surface area contributed by atoms with E-state index in [1.165, 1.54) is 0 Å². The van der Waals surface area contributed by atoms with Gasteiger partial charge in [0.25, 0.3) is 0 Å². The third-order valence-corrected chi connectivity index (χ3v) is 4.22. The summed E-state index contributed by atoms with van der Waals surface area (Å²) < 4.78 is 0. The molecule has 0 unspecified atom stereocenters. The Hall–Kier alpha value is -1.88. The SMILES string of the molecule is CC(C)N(CCNC(=O)Cc1cccc2c1NC(=O)C2)C(C)C. The van der Waals surface area contributed by atoms with Crippen molar-refractivity contribution in [3.8, 4) is 0 Å². The van der Waals surface area contributed by atoms with Crippen LogP contribution in [0, 0.1) is 0 Å². The summed E-state index contributed by atoms with van der Waals surface area (Å²) >= 11 is 0. The van der Waals surface area contributed by atoms with Gasteiger partial charge in [0.1, 0.15) is 0 Å². The molecule has 23 heavy (non-hydrogen) atoms. The molecule has 0 spiro atoms. The number of amides is 2. The number of benzene rings is 1. The van der Waals surface area contributed by atoms with Crippen LogP contribution in [-0.4, -0.2) is 41.9 Å². The molecule has 2 amide bonds. The molecule has 0 saturated carbocycles. The van der Waals surface area contributed by atoms with Crippen LogP contribution in [0.5, 0.6) is 0 Å². The molecular weight excluding hydrogens is 290 g/mol. The summed E-state index contributed by atoms with van der Waals surface area (Å²) in [7, 11) is 0. The van der Waals surface area contributed by atoms with Gasteiger partial charge in [-0.1, -0.05) is 18.2 Å². The van der Waals surface area contributed by atoms with Crippen molar-refractivity contribution in [2.24, 2.45) is 0 Å². The van der Waals surface area contributed by atoms with Crippen molar-refractivity contribution in [3.63, 3.8) is 0 Å². The summed E-state index contributed by atoms with van der Waals surface area (Å²) in [5.41, 5.74) is 2.68. The van der Waals surface area contributed by atoms with E-state index in [0.717, 1.165) is 23.4 Å². The van der Waals surface area contributed by atoms with Gasteiger partial charge in [0.05, 0.1) is 12.8 Å². The van der Waals surface area contributed by atoms with Gasteiger partial charge >= 0.3 is 0 Å². The first-order valence-electron chi connectivity index (χ1n) is 8.31. The van der Waals surface area contributed by atoms with Crippen molar-refractivity contribution in [1.29, 1.82) is 0 Å². The number of hydrogen-bond donors (Lipinski definition) is 2. The lowest BCUT2D eigenvalue weighted by atomic mass is 10.0. The second kappa shape index (κ2) is 7.59. The average molecular weight is 317 g/mol. The van der Waals surface area contributed by atoms with Crippen LogP contribution < -0.4 is 10.6 Å². The molecule has 0 atom stereocenters. The number of rotatable bonds is 7. The van der Waals surface area contributed by atoms with E-state index in [4.69, 9.17) is 0 Å². The molecule has 2 N–H and O–H groups in total. The Balaban J connectivity index is 1.87. The van der Waals surface area contributed by atoms with Gasteiger partial charge in [-0.15, -0.1) is 0 Å². The minimum atomic E-state index is -0.00740. The van der Waals surface area contributed by atoms with Crippen LogP contribution in [0.25, 0.3) is 0 Å². The molecule has 5 nitrogen and oxygen atoms in total. The maximum absolute atomic E-state index is 12.2. The van der Waals surface area contributed by atoms with E-state index >= 15 is 0 Å². The van der Waals surface area contributed by atoms with Crippen molar-refractivity contribution < 1.29 is 9.59 Å². The third-order valence-electron chi connectivity index (χ3n) is 4.22. The highest BCUT2D eigenvalue weighted by molar-refractivity contribution is 6.00. The van der Waals surface area contributed by atoms with Gasteiger partial charge in [-0.05, 0) is 38.8 Å². The van der Waals surface area contributed by atoms with Crippen LogP contribution in [-0.2, 0) is 22.4 Å². The molecular formula is C18H27N3O2. The predicted molar refractivity (Wildman–Crippen MR) is 92.5 cm³/mol. The molecule has 2 rings (SSSR count). The highest BCUT2D eigenvalue weighted by Gasteiger charge is 2.21. The molecule has 126 valence electrons. The molecule has 0 saturated heterocycles. The van der Waals surface area contributed by atoms with Gasteiger partial charge in [-0.2, -0.15) is 0 Å². The fourth-order valence-corrected chi connectivity index (χ4v) is 3.14. The maximum atomic E-state index is 12.2. The molecule has 0 radical (unpaired) electrons. The Morgan fingerprint density at radius 1 is 1.26 bits per heavy atom. The van der Waals surface area contributed by atoms with Gasteiger partial charge < -0.3 is 10.6 Å². The average Bonchev–Trinajstić information content (AvgIpc) is 2.84. The number of nitrogens with one attached hydrogen (secondary N) is 2. The Kier molecular flexibility index (Phi) is 5.77. The summed E-state index contributed by atoms with van der Waals surface area (Å²) in [6.07, 6.45) is 0.704. The molecule has 1 aromatic rings. The van der Waals surface area contributed by atoms with Crippen LogP contribution >= 0.6 is 0 Å². The van der Waals surface area contributed by atoms with Crippen molar-refractivity contribution in [2.45, 2.75) is 52.6 Å². The van der Waals surface area contributed by atoms with Gasteiger partial charge in [0.15, 0.2) is 0 Å². The number of fused-ring (bicyclic) bond motifs is 1. The number of para-hydroxylation sites is 1. The van der Waals surface area contributed by atoms with Gasteiger partial charge in [-0.3, -0.25) is 14.5 Å². The van der Waals surface area contributed by atoms with E-state index in [2.05, 4.69) is 43.2 Å². The quantitative estimate of drug-likeness (QED) is 0.808. The smallest absolute Gasteiger partial charge is 0.228 e. The van der Waals surface area contributed by atoms with Gasteiger partial charge in [-0.25, -0.2) is 0 Å². The fraction of sp³-hybridized carbons (Fsp3) is 0.556. The second-order valence-electron chi connectivity index (χ2n) is 6.63. The van der Waals surface area contributed by atoms with Crippen molar-refractivity contribution in [1.82, 2.24) is 10.2 Å². The standard InChI is InChI=1S/C18H27N3O2/c1-12(2)21(13(3)4)9-8-19-16(22)10-14-6-5-7-15-11-17(23)20-18(14)15/h5-7,12-13H,8-11H2,1-4H3,(H,19,22)(H,20,23). The van der Waals surface area contributed by atoms with Gasteiger partial charge in [0, 0.05) is 30.9 Å². The van der Waals surface area contributed by atoms with E-state index in [9.17, 15) is 9.59 Å². The molecule has 1 aliphatic heterocycles. The summed E-state index contributed by atoms with van der Waals surface area (Å²) in [5, 5.41) is 5.83. The highest BCUT2D eigenvalue weighted by atomic mass is 16.2. The van der Waals surface area contributed by atoms with E-state index in [1.54, 1.807) is 0 Å². The second-order valence-corrected chi connectivity index (χ2v) is 6.63. The number of hydrogen-bond acceptors (Lipinski definition) is 3. The molecule has 1 heterocycles. The summed E-state index contributed by atoms with van der Waals surface area (Å²) in [4.78, 5) is 26.0. The Labute approximate surface area is 138 Å². The summed E-state index contributed by atoms with van der Waals surface area (Å²) in [6, 6.07) is 6.65. The summed E-state index contributed by atoms with van der Waals surface area (Å²) in [5.74, 6) is -0.00984. The van der Waals surface area contributed by atoms with Crippen molar-refractivity contribution >= 4 is 17.5 Å². The third kappa shape index (κ3) is 4.55. The van der Waals surface area contributed by atoms with Crippen LogP contribution in [0.3, 0.4) is 0 Å².